The molecule has 0 aliphatic carbocycles. The molecular weight excluding hydrogens is 410 g/mol. The lowest BCUT2D eigenvalue weighted by molar-refractivity contribution is 0.139. The molecule has 0 aliphatic heterocycles. The van der Waals surface area contributed by atoms with Gasteiger partial charge in [-0.3, -0.25) is 0 Å². The zero-order valence-corrected chi connectivity index (χ0v) is 22.2. The molecule has 2 atom stereocenters. The standard InChI is InChI=1S/C29H38P2/c1-22(31(23-16-10-8-11-17-23)24-18-12-9-13-19-24)25-20-14-15-21-26(25)29(30,27(2,3)4)28(5,6)7/h8-22H,30H2,1-7H3. The molecule has 3 rings (SSSR count). The lowest BCUT2D eigenvalue weighted by Gasteiger charge is -2.53. The van der Waals surface area contributed by atoms with Gasteiger partial charge in [0.25, 0.3) is 0 Å². The van der Waals surface area contributed by atoms with Crippen molar-refractivity contribution in [3.8, 4) is 0 Å². The van der Waals surface area contributed by atoms with Crippen LogP contribution in [0.4, 0.5) is 0 Å². The van der Waals surface area contributed by atoms with Crippen molar-refractivity contribution in [2.75, 3.05) is 0 Å². The summed E-state index contributed by atoms with van der Waals surface area (Å²) in [5.74, 6) is 0. The zero-order chi connectivity index (χ0) is 22.9. The van der Waals surface area contributed by atoms with E-state index in [4.69, 9.17) is 0 Å². The Labute approximate surface area is 193 Å². The van der Waals surface area contributed by atoms with Crippen LogP contribution in [0.1, 0.15) is 65.3 Å². The summed E-state index contributed by atoms with van der Waals surface area (Å²) < 4.78 is 0. The summed E-state index contributed by atoms with van der Waals surface area (Å²) in [6.45, 7) is 16.7. The maximum atomic E-state index is 3.30. The summed E-state index contributed by atoms with van der Waals surface area (Å²) in [7, 11) is 2.77. The van der Waals surface area contributed by atoms with Crippen LogP contribution in [-0.2, 0) is 5.16 Å². The molecule has 0 saturated carbocycles. The Morgan fingerprint density at radius 2 is 1.00 bits per heavy atom. The first-order valence-electron chi connectivity index (χ1n) is 11.3. The number of rotatable bonds is 5. The largest absolute Gasteiger partial charge is 0.125 e. The fourth-order valence-electron chi connectivity index (χ4n) is 5.07. The van der Waals surface area contributed by atoms with Gasteiger partial charge < -0.3 is 0 Å². The average molecular weight is 449 g/mol. The van der Waals surface area contributed by atoms with E-state index in [0.29, 0.717) is 5.66 Å². The van der Waals surface area contributed by atoms with E-state index in [1.165, 1.54) is 21.7 Å². The third kappa shape index (κ3) is 4.67. The predicted molar refractivity (Wildman–Crippen MR) is 144 cm³/mol. The van der Waals surface area contributed by atoms with Crippen LogP contribution < -0.4 is 10.6 Å². The second-order valence-corrected chi connectivity index (χ2v) is 14.0. The van der Waals surface area contributed by atoms with Gasteiger partial charge in [0.15, 0.2) is 0 Å². The average Bonchev–Trinajstić information content (AvgIpc) is 2.73. The molecule has 31 heavy (non-hydrogen) atoms. The predicted octanol–water partition coefficient (Wildman–Crippen LogP) is 8.04. The van der Waals surface area contributed by atoms with Crippen molar-refractivity contribution in [1.29, 1.82) is 0 Å². The first-order valence-corrected chi connectivity index (χ1v) is 13.2. The molecule has 3 aromatic rings. The second-order valence-electron chi connectivity index (χ2n) is 10.6. The van der Waals surface area contributed by atoms with Crippen LogP contribution in [0.15, 0.2) is 84.9 Å². The van der Waals surface area contributed by atoms with Crippen LogP contribution in [0.2, 0.25) is 0 Å². The third-order valence-corrected chi connectivity index (χ3v) is 11.5. The minimum Gasteiger partial charge on any atom is -0.125 e. The summed E-state index contributed by atoms with van der Waals surface area (Å²) in [6.07, 6.45) is 0. The second kappa shape index (κ2) is 9.17. The zero-order valence-electron chi connectivity index (χ0n) is 20.2. The van der Waals surface area contributed by atoms with Gasteiger partial charge >= 0.3 is 0 Å². The molecule has 0 N–H and O–H groups in total. The van der Waals surface area contributed by atoms with E-state index in [0.717, 1.165) is 0 Å². The highest BCUT2D eigenvalue weighted by Gasteiger charge is 2.49. The Morgan fingerprint density at radius 1 is 0.613 bits per heavy atom. The molecule has 0 amide bonds. The summed E-state index contributed by atoms with van der Waals surface area (Å²) in [5, 5.41) is 2.82. The minimum atomic E-state index is -0.533. The number of hydrogen-bond acceptors (Lipinski definition) is 0. The van der Waals surface area contributed by atoms with Crippen molar-refractivity contribution in [2.45, 2.75) is 59.3 Å². The van der Waals surface area contributed by atoms with Gasteiger partial charge in [-0.1, -0.05) is 133 Å². The van der Waals surface area contributed by atoms with Crippen LogP contribution >= 0.6 is 17.2 Å². The van der Waals surface area contributed by atoms with E-state index in [2.05, 4.69) is 143 Å². The molecule has 0 heterocycles. The highest BCUT2D eigenvalue weighted by molar-refractivity contribution is 7.73. The molecule has 2 unspecified atom stereocenters. The molecular formula is C29H38P2. The lowest BCUT2D eigenvalue weighted by Crippen LogP contribution is -2.46. The third-order valence-electron chi connectivity index (χ3n) is 6.66. The van der Waals surface area contributed by atoms with Crippen molar-refractivity contribution < 1.29 is 0 Å². The van der Waals surface area contributed by atoms with Crippen molar-refractivity contribution in [1.82, 2.24) is 0 Å². The molecule has 0 fully saturated rings. The monoisotopic (exact) mass is 448 g/mol. The van der Waals surface area contributed by atoms with Gasteiger partial charge in [-0.05, 0) is 40.5 Å². The topological polar surface area (TPSA) is 0 Å². The quantitative estimate of drug-likeness (QED) is 0.347. The number of hydrogen-bond donors (Lipinski definition) is 0. The van der Waals surface area contributed by atoms with Crippen LogP contribution in [0, 0.1) is 10.8 Å². The van der Waals surface area contributed by atoms with Gasteiger partial charge in [-0.15, -0.1) is 9.24 Å². The maximum Gasteiger partial charge on any atom is 0.0197 e. The van der Waals surface area contributed by atoms with E-state index in [1.54, 1.807) is 0 Å². The van der Waals surface area contributed by atoms with Gasteiger partial charge in [-0.2, -0.15) is 0 Å². The van der Waals surface area contributed by atoms with E-state index in [1.807, 2.05) is 0 Å². The molecule has 164 valence electrons. The van der Waals surface area contributed by atoms with E-state index in [-0.39, 0.29) is 16.0 Å². The fourth-order valence-corrected chi connectivity index (χ4v) is 8.01. The van der Waals surface area contributed by atoms with Gasteiger partial charge in [-0.25, -0.2) is 0 Å². The molecule has 3 aromatic carbocycles. The molecule has 0 radical (unpaired) electrons. The summed E-state index contributed by atoms with van der Waals surface area (Å²) in [6, 6.07) is 31.3. The van der Waals surface area contributed by atoms with E-state index >= 15 is 0 Å². The van der Waals surface area contributed by atoms with Crippen molar-refractivity contribution in [3.63, 3.8) is 0 Å². The first-order chi connectivity index (χ1) is 14.5. The van der Waals surface area contributed by atoms with Crippen LogP contribution in [-0.4, -0.2) is 0 Å². The minimum absolute atomic E-state index is 0.0563. The van der Waals surface area contributed by atoms with Crippen molar-refractivity contribution in [3.05, 3.63) is 96.1 Å². The van der Waals surface area contributed by atoms with E-state index in [9.17, 15) is 0 Å². The summed E-state index contributed by atoms with van der Waals surface area (Å²) in [5.41, 5.74) is 3.52. The molecule has 0 spiro atoms. The maximum absolute atomic E-state index is 3.30. The highest BCUT2D eigenvalue weighted by Crippen LogP contribution is 2.61. The Hall–Kier alpha value is -1.48. The van der Waals surface area contributed by atoms with Gasteiger partial charge in [0.2, 0.25) is 0 Å². The highest BCUT2D eigenvalue weighted by atomic mass is 31.1. The molecule has 0 nitrogen and oxygen atoms in total. The summed E-state index contributed by atoms with van der Waals surface area (Å²) in [4.78, 5) is 0. The van der Waals surface area contributed by atoms with Crippen LogP contribution in [0.3, 0.4) is 0 Å². The molecule has 2 heteroatoms. The summed E-state index contributed by atoms with van der Waals surface area (Å²) >= 11 is 0. The lowest BCUT2D eigenvalue weighted by atomic mass is 9.61. The van der Waals surface area contributed by atoms with Gasteiger partial charge in [0, 0.05) is 10.8 Å². The van der Waals surface area contributed by atoms with Crippen LogP contribution in [0.5, 0.6) is 0 Å². The van der Waals surface area contributed by atoms with Gasteiger partial charge in [0.1, 0.15) is 0 Å². The fraction of sp³-hybridized carbons (Fsp3) is 0.379. The molecule has 0 aromatic heterocycles. The molecule has 0 saturated heterocycles. The van der Waals surface area contributed by atoms with Crippen molar-refractivity contribution in [2.24, 2.45) is 10.8 Å². The normalized spacial score (nSPS) is 14.0. The van der Waals surface area contributed by atoms with Gasteiger partial charge in [0.05, 0.1) is 0 Å². The van der Waals surface area contributed by atoms with E-state index < -0.39 is 7.92 Å². The smallest absolute Gasteiger partial charge is 0.0197 e. The Morgan fingerprint density at radius 3 is 1.42 bits per heavy atom. The van der Waals surface area contributed by atoms with Crippen LogP contribution in [0.25, 0.3) is 0 Å². The molecule has 0 bridgehead atoms. The van der Waals surface area contributed by atoms with Crippen molar-refractivity contribution >= 4 is 27.8 Å². The Balaban J connectivity index is 2.23. The Kier molecular flexibility index (Phi) is 7.15. The first kappa shape index (κ1) is 24.2. The number of benzene rings is 3. The molecule has 0 aliphatic rings. The SMILES string of the molecule is CC(c1ccccc1C(P)(C(C)(C)C)C(C)(C)C)P(c1ccccc1)c1ccccc1. The Bertz CT molecular complexity index is 925.